The van der Waals surface area contributed by atoms with E-state index in [-0.39, 0.29) is 29.9 Å². The normalized spacial score (nSPS) is 16.8. The monoisotopic (exact) mass is 336 g/mol. The number of nitrogens with one attached hydrogen (secondary N) is 1. The first-order valence-corrected chi connectivity index (χ1v) is 8.26. The molecule has 1 N–H and O–H groups in total. The maximum absolute atomic E-state index is 12.5. The molecule has 1 fully saturated rings. The molecule has 1 saturated heterocycles. The zero-order chi connectivity index (χ0) is 17.8. The summed E-state index contributed by atoms with van der Waals surface area (Å²) in [7, 11) is 0. The molecular weight excluding hydrogens is 316 g/mol. The van der Waals surface area contributed by atoms with Crippen LogP contribution in [0.25, 0.3) is 0 Å². The van der Waals surface area contributed by atoms with Gasteiger partial charge in [0.1, 0.15) is 0 Å². The Morgan fingerprint density at radius 2 is 1.88 bits per heavy atom. The molecule has 0 saturated carbocycles. The summed E-state index contributed by atoms with van der Waals surface area (Å²) >= 11 is 0. The molecule has 2 aromatic carbocycles. The lowest BCUT2D eigenvalue weighted by Gasteiger charge is -2.16. The van der Waals surface area contributed by atoms with Crippen LogP contribution >= 0.6 is 0 Å². The van der Waals surface area contributed by atoms with E-state index in [0.717, 1.165) is 5.56 Å². The highest BCUT2D eigenvalue weighted by atomic mass is 16.2. The van der Waals surface area contributed by atoms with Crippen molar-refractivity contribution in [3.05, 3.63) is 65.7 Å². The van der Waals surface area contributed by atoms with Crippen LogP contribution in [-0.2, 0) is 16.1 Å². The molecule has 5 heteroatoms. The van der Waals surface area contributed by atoms with Gasteiger partial charge in [0.15, 0.2) is 5.78 Å². The number of carbonyl (C=O) groups excluding carboxylic acids is 3. The molecule has 1 aliphatic heterocycles. The molecule has 0 unspecified atom stereocenters. The molecule has 5 nitrogen and oxygen atoms in total. The van der Waals surface area contributed by atoms with Gasteiger partial charge in [0.2, 0.25) is 11.8 Å². The number of hydrogen-bond donors (Lipinski definition) is 1. The van der Waals surface area contributed by atoms with Crippen molar-refractivity contribution in [2.24, 2.45) is 5.92 Å². The summed E-state index contributed by atoms with van der Waals surface area (Å²) in [5, 5.41) is 2.81. The van der Waals surface area contributed by atoms with E-state index in [4.69, 9.17) is 0 Å². The van der Waals surface area contributed by atoms with Crippen molar-refractivity contribution >= 4 is 23.3 Å². The lowest BCUT2D eigenvalue weighted by atomic mass is 10.1. The number of benzene rings is 2. The maximum atomic E-state index is 12.5. The zero-order valence-electron chi connectivity index (χ0n) is 14.1. The number of Topliss-reactive ketones (excluding diaryl/α,β-unsaturated/α-hetero) is 1. The molecule has 0 aliphatic carbocycles. The Kier molecular flexibility index (Phi) is 4.93. The average Bonchev–Trinajstić information content (AvgIpc) is 2.97. The van der Waals surface area contributed by atoms with Gasteiger partial charge in [-0.15, -0.1) is 0 Å². The second kappa shape index (κ2) is 7.30. The predicted molar refractivity (Wildman–Crippen MR) is 95.0 cm³/mol. The van der Waals surface area contributed by atoms with Crippen molar-refractivity contribution < 1.29 is 14.4 Å². The summed E-state index contributed by atoms with van der Waals surface area (Å²) < 4.78 is 0. The number of ketones is 1. The molecule has 0 aromatic heterocycles. The Bertz CT molecular complexity index is 802. The van der Waals surface area contributed by atoms with Crippen LogP contribution < -0.4 is 5.32 Å². The lowest BCUT2D eigenvalue weighted by molar-refractivity contribution is -0.128. The number of rotatable bonds is 5. The van der Waals surface area contributed by atoms with Crippen molar-refractivity contribution in [3.8, 4) is 0 Å². The van der Waals surface area contributed by atoms with Crippen LogP contribution in [0.4, 0.5) is 5.69 Å². The minimum absolute atomic E-state index is 0.0125. The van der Waals surface area contributed by atoms with Crippen LogP contribution in [0.1, 0.15) is 29.3 Å². The molecule has 1 heterocycles. The van der Waals surface area contributed by atoms with E-state index in [1.54, 1.807) is 29.2 Å². The van der Waals surface area contributed by atoms with Gasteiger partial charge in [-0.1, -0.05) is 42.5 Å². The van der Waals surface area contributed by atoms with Crippen LogP contribution in [0, 0.1) is 5.92 Å². The van der Waals surface area contributed by atoms with Crippen molar-refractivity contribution in [1.29, 1.82) is 0 Å². The Morgan fingerprint density at radius 1 is 1.12 bits per heavy atom. The van der Waals surface area contributed by atoms with Crippen LogP contribution in [0.5, 0.6) is 0 Å². The lowest BCUT2D eigenvalue weighted by Crippen LogP contribution is -2.28. The van der Waals surface area contributed by atoms with E-state index in [0.29, 0.717) is 24.3 Å². The molecule has 1 aliphatic rings. The molecule has 25 heavy (non-hydrogen) atoms. The van der Waals surface area contributed by atoms with Gasteiger partial charge in [0.05, 0.1) is 5.92 Å². The van der Waals surface area contributed by atoms with Crippen LogP contribution in [-0.4, -0.2) is 29.0 Å². The van der Waals surface area contributed by atoms with Gasteiger partial charge < -0.3 is 10.2 Å². The van der Waals surface area contributed by atoms with Gasteiger partial charge in [-0.05, 0) is 24.6 Å². The first-order valence-electron chi connectivity index (χ1n) is 8.26. The molecule has 128 valence electrons. The highest BCUT2D eigenvalue weighted by Gasteiger charge is 2.34. The van der Waals surface area contributed by atoms with Crippen LogP contribution in [0.3, 0.4) is 0 Å². The summed E-state index contributed by atoms with van der Waals surface area (Å²) in [4.78, 5) is 37.8. The Morgan fingerprint density at radius 3 is 2.60 bits per heavy atom. The van der Waals surface area contributed by atoms with Gasteiger partial charge >= 0.3 is 0 Å². The zero-order valence-corrected chi connectivity index (χ0v) is 14.1. The molecule has 2 aromatic rings. The molecule has 2 amide bonds. The number of carbonyl (C=O) groups is 3. The first-order chi connectivity index (χ1) is 12.0. The maximum Gasteiger partial charge on any atom is 0.229 e. The quantitative estimate of drug-likeness (QED) is 0.854. The summed E-state index contributed by atoms with van der Waals surface area (Å²) in [6.07, 6.45) is 0.213. The van der Waals surface area contributed by atoms with E-state index in [2.05, 4.69) is 5.32 Å². The fourth-order valence-electron chi connectivity index (χ4n) is 2.96. The summed E-state index contributed by atoms with van der Waals surface area (Å²) in [5.41, 5.74) is 2.17. The SMILES string of the molecule is CC(=O)c1cccc(NC(=O)[C@@H]2CC(=O)N(Cc3ccccc3)C2)c1. The third-order valence-electron chi connectivity index (χ3n) is 4.34. The van der Waals surface area contributed by atoms with Gasteiger partial charge in [0.25, 0.3) is 0 Å². The van der Waals surface area contributed by atoms with Crippen molar-refractivity contribution in [2.45, 2.75) is 19.9 Å². The molecule has 3 rings (SSSR count). The Labute approximate surface area is 146 Å². The minimum Gasteiger partial charge on any atom is -0.338 e. The second-order valence-electron chi connectivity index (χ2n) is 6.29. The van der Waals surface area contributed by atoms with Crippen molar-refractivity contribution in [3.63, 3.8) is 0 Å². The third-order valence-corrected chi connectivity index (χ3v) is 4.34. The van der Waals surface area contributed by atoms with Crippen molar-refractivity contribution in [2.75, 3.05) is 11.9 Å². The smallest absolute Gasteiger partial charge is 0.229 e. The number of amides is 2. The summed E-state index contributed by atoms with van der Waals surface area (Å²) in [5.74, 6) is -0.635. The van der Waals surface area contributed by atoms with Gasteiger partial charge in [0, 0.05) is 30.8 Å². The Hall–Kier alpha value is -2.95. The van der Waals surface area contributed by atoms with Gasteiger partial charge in [-0.2, -0.15) is 0 Å². The number of nitrogens with zero attached hydrogens (tertiary/aromatic N) is 1. The molecule has 1 atom stereocenters. The average molecular weight is 336 g/mol. The third kappa shape index (κ3) is 4.12. The second-order valence-corrected chi connectivity index (χ2v) is 6.29. The van der Waals surface area contributed by atoms with E-state index >= 15 is 0 Å². The van der Waals surface area contributed by atoms with E-state index in [1.807, 2.05) is 30.3 Å². The minimum atomic E-state index is -0.378. The van der Waals surface area contributed by atoms with E-state index in [9.17, 15) is 14.4 Å². The topological polar surface area (TPSA) is 66.5 Å². The Balaban J connectivity index is 1.63. The molecular formula is C20H20N2O3. The number of hydrogen-bond acceptors (Lipinski definition) is 3. The van der Waals surface area contributed by atoms with Crippen LogP contribution in [0.15, 0.2) is 54.6 Å². The van der Waals surface area contributed by atoms with Crippen LogP contribution in [0.2, 0.25) is 0 Å². The number of likely N-dealkylation sites (tertiary alicyclic amines) is 1. The fraction of sp³-hybridized carbons (Fsp3) is 0.250. The van der Waals surface area contributed by atoms with E-state index in [1.165, 1.54) is 6.92 Å². The summed E-state index contributed by atoms with van der Waals surface area (Å²) in [6.45, 7) is 2.41. The molecule has 0 spiro atoms. The van der Waals surface area contributed by atoms with E-state index < -0.39 is 0 Å². The van der Waals surface area contributed by atoms with Gasteiger partial charge in [-0.3, -0.25) is 14.4 Å². The fourth-order valence-corrected chi connectivity index (χ4v) is 2.96. The highest BCUT2D eigenvalue weighted by molar-refractivity contribution is 5.99. The first kappa shape index (κ1) is 16.9. The van der Waals surface area contributed by atoms with Gasteiger partial charge in [-0.25, -0.2) is 0 Å². The predicted octanol–water partition coefficient (Wildman–Crippen LogP) is 2.88. The molecule has 0 radical (unpaired) electrons. The largest absolute Gasteiger partial charge is 0.338 e. The molecule has 0 bridgehead atoms. The highest BCUT2D eigenvalue weighted by Crippen LogP contribution is 2.22. The summed E-state index contributed by atoms with van der Waals surface area (Å²) in [6, 6.07) is 16.6. The van der Waals surface area contributed by atoms with Crippen molar-refractivity contribution in [1.82, 2.24) is 4.90 Å². The standard InChI is InChI=1S/C20H20N2O3/c1-14(23)16-8-5-9-18(10-16)21-20(25)17-11-19(24)22(13-17)12-15-6-3-2-4-7-15/h2-10,17H,11-13H2,1H3,(H,21,25)/t17-/m1/s1. The number of anilines is 1.